The van der Waals surface area contributed by atoms with E-state index in [0.29, 0.717) is 20.8 Å². The van der Waals surface area contributed by atoms with Gasteiger partial charge in [0.25, 0.3) is 0 Å². The van der Waals surface area contributed by atoms with Crippen LogP contribution in [0.2, 0.25) is 15.1 Å². The van der Waals surface area contributed by atoms with Crippen LogP contribution in [0.5, 0.6) is 0 Å². The Morgan fingerprint density at radius 2 is 2.00 bits per heavy atom. The van der Waals surface area contributed by atoms with Gasteiger partial charge >= 0.3 is 0 Å². The van der Waals surface area contributed by atoms with Crippen LogP contribution in [0.15, 0.2) is 12.1 Å². The fourth-order valence-electron chi connectivity index (χ4n) is 2.05. The molecule has 0 aromatic heterocycles. The summed E-state index contributed by atoms with van der Waals surface area (Å²) >= 11 is 17.8. The van der Waals surface area contributed by atoms with Crippen LogP contribution in [0.4, 0.5) is 5.69 Å². The maximum absolute atomic E-state index is 11.9. The summed E-state index contributed by atoms with van der Waals surface area (Å²) in [5, 5.41) is 3.78. The van der Waals surface area contributed by atoms with Gasteiger partial charge in [-0.2, -0.15) is 0 Å². The van der Waals surface area contributed by atoms with Gasteiger partial charge in [-0.25, -0.2) is 0 Å². The number of carbonyl (C=O) groups excluding carboxylic acids is 1. The molecule has 0 spiro atoms. The number of nitrogens with zero attached hydrogens (tertiary/aromatic N) is 1. The van der Waals surface area contributed by atoms with Crippen molar-refractivity contribution in [2.75, 3.05) is 25.0 Å². The molecular formula is C12H14Cl3N3O. The number of hydrogen-bond donors (Lipinski definition) is 2. The Kier molecular flexibility index (Phi) is 4.92. The summed E-state index contributed by atoms with van der Waals surface area (Å²) in [7, 11) is 0. The van der Waals surface area contributed by atoms with Gasteiger partial charge in [0, 0.05) is 24.2 Å². The summed E-state index contributed by atoms with van der Waals surface area (Å²) in [5.41, 5.74) is 6.18. The molecule has 1 amide bonds. The Labute approximate surface area is 126 Å². The van der Waals surface area contributed by atoms with Crippen LogP contribution in [-0.2, 0) is 4.79 Å². The number of nitrogens with two attached hydrogens (primary N) is 1. The Morgan fingerprint density at radius 1 is 1.37 bits per heavy atom. The van der Waals surface area contributed by atoms with Crippen molar-refractivity contribution >= 4 is 46.4 Å². The number of hydrogen-bond acceptors (Lipinski definition) is 3. The molecule has 2 rings (SSSR count). The lowest BCUT2D eigenvalue weighted by molar-refractivity contribution is -0.117. The zero-order valence-corrected chi connectivity index (χ0v) is 12.4. The average molecular weight is 323 g/mol. The molecule has 1 fully saturated rings. The molecule has 1 aromatic carbocycles. The molecule has 1 heterocycles. The fraction of sp³-hybridized carbons (Fsp3) is 0.417. The number of amides is 1. The minimum absolute atomic E-state index is 0.149. The van der Waals surface area contributed by atoms with Gasteiger partial charge < -0.3 is 11.1 Å². The van der Waals surface area contributed by atoms with E-state index < -0.39 is 0 Å². The number of benzene rings is 1. The largest absolute Gasteiger partial charge is 0.326 e. The Bertz CT molecular complexity index is 472. The van der Waals surface area contributed by atoms with Crippen molar-refractivity contribution in [3.63, 3.8) is 0 Å². The quantitative estimate of drug-likeness (QED) is 0.899. The van der Waals surface area contributed by atoms with Gasteiger partial charge in [0.05, 0.1) is 22.3 Å². The van der Waals surface area contributed by atoms with Gasteiger partial charge in [-0.15, -0.1) is 0 Å². The number of anilines is 1. The molecule has 0 saturated carbocycles. The second-order valence-electron chi connectivity index (χ2n) is 4.58. The number of likely N-dealkylation sites (tertiary alicyclic amines) is 1. The third-order valence-corrected chi connectivity index (χ3v) is 3.76. The van der Waals surface area contributed by atoms with Gasteiger partial charge in [0.15, 0.2) is 0 Å². The van der Waals surface area contributed by atoms with Crippen LogP contribution in [-0.4, -0.2) is 36.5 Å². The standard InChI is InChI=1S/C12H14Cl3N3O/c13-7-3-9(14)12(10(15)4-7)17-11(19)6-18-2-1-8(16)5-18/h3-4,8H,1-2,5-6,16H2,(H,17,19). The molecule has 0 bridgehead atoms. The molecule has 1 saturated heterocycles. The number of rotatable bonds is 3. The normalized spacial score (nSPS) is 19.7. The van der Waals surface area contributed by atoms with Crippen LogP contribution in [0.25, 0.3) is 0 Å². The smallest absolute Gasteiger partial charge is 0.238 e. The van der Waals surface area contributed by atoms with E-state index in [4.69, 9.17) is 40.5 Å². The summed E-state index contributed by atoms with van der Waals surface area (Å²) in [4.78, 5) is 13.9. The third-order valence-electron chi connectivity index (χ3n) is 2.95. The summed E-state index contributed by atoms with van der Waals surface area (Å²) < 4.78 is 0. The highest BCUT2D eigenvalue weighted by Gasteiger charge is 2.21. The summed E-state index contributed by atoms with van der Waals surface area (Å²) in [6.07, 6.45) is 0.912. The highest BCUT2D eigenvalue weighted by atomic mass is 35.5. The third kappa shape index (κ3) is 3.97. The van der Waals surface area contributed by atoms with Crippen molar-refractivity contribution in [1.29, 1.82) is 0 Å². The maximum Gasteiger partial charge on any atom is 0.238 e. The SMILES string of the molecule is NC1CCN(CC(=O)Nc2c(Cl)cc(Cl)cc2Cl)C1. The molecule has 19 heavy (non-hydrogen) atoms. The number of carbonyl (C=O) groups is 1. The topological polar surface area (TPSA) is 58.4 Å². The van der Waals surface area contributed by atoms with Crippen molar-refractivity contribution in [1.82, 2.24) is 4.90 Å². The summed E-state index contributed by atoms with van der Waals surface area (Å²) in [6.45, 7) is 1.84. The Balaban J connectivity index is 1.99. The van der Waals surface area contributed by atoms with Crippen molar-refractivity contribution in [2.24, 2.45) is 5.73 Å². The molecule has 1 aromatic rings. The van der Waals surface area contributed by atoms with Crippen LogP contribution >= 0.6 is 34.8 Å². The van der Waals surface area contributed by atoms with E-state index in [1.165, 1.54) is 12.1 Å². The molecule has 1 unspecified atom stereocenters. The summed E-state index contributed by atoms with van der Waals surface area (Å²) in [6, 6.07) is 3.22. The molecule has 1 aliphatic rings. The molecule has 1 aliphatic heterocycles. The second-order valence-corrected chi connectivity index (χ2v) is 5.83. The highest BCUT2D eigenvalue weighted by molar-refractivity contribution is 6.42. The zero-order valence-electron chi connectivity index (χ0n) is 10.1. The highest BCUT2D eigenvalue weighted by Crippen LogP contribution is 2.33. The molecule has 4 nitrogen and oxygen atoms in total. The molecular weight excluding hydrogens is 309 g/mol. The molecule has 0 aliphatic carbocycles. The zero-order chi connectivity index (χ0) is 14.0. The van der Waals surface area contributed by atoms with E-state index in [1.807, 2.05) is 4.90 Å². The first-order chi connectivity index (χ1) is 8.95. The van der Waals surface area contributed by atoms with Gasteiger partial charge in [-0.3, -0.25) is 9.69 Å². The molecule has 1 atom stereocenters. The van der Waals surface area contributed by atoms with Crippen molar-refractivity contribution < 1.29 is 4.79 Å². The minimum Gasteiger partial charge on any atom is -0.326 e. The van der Waals surface area contributed by atoms with E-state index in [0.717, 1.165) is 19.5 Å². The van der Waals surface area contributed by atoms with Crippen molar-refractivity contribution in [3.8, 4) is 0 Å². The van der Waals surface area contributed by atoms with Gasteiger partial charge in [-0.1, -0.05) is 34.8 Å². The first-order valence-electron chi connectivity index (χ1n) is 5.88. The maximum atomic E-state index is 11.9. The van der Waals surface area contributed by atoms with E-state index >= 15 is 0 Å². The van der Waals surface area contributed by atoms with E-state index in [1.54, 1.807) is 0 Å². The first-order valence-corrected chi connectivity index (χ1v) is 7.01. The first kappa shape index (κ1) is 14.9. The predicted octanol–water partition coefficient (Wildman–Crippen LogP) is 2.62. The van der Waals surface area contributed by atoms with Crippen LogP contribution in [0.1, 0.15) is 6.42 Å². The number of halogens is 3. The number of nitrogens with one attached hydrogen (secondary N) is 1. The lowest BCUT2D eigenvalue weighted by Crippen LogP contribution is -2.33. The molecule has 0 radical (unpaired) electrons. The molecule has 7 heteroatoms. The van der Waals surface area contributed by atoms with E-state index in [2.05, 4.69) is 5.32 Å². The fourth-order valence-corrected chi connectivity index (χ4v) is 2.96. The Hall–Kier alpha value is -0.520. The predicted molar refractivity (Wildman–Crippen MR) is 79.1 cm³/mol. The molecule has 104 valence electrons. The Morgan fingerprint density at radius 3 is 2.53 bits per heavy atom. The summed E-state index contributed by atoms with van der Waals surface area (Å²) in [5.74, 6) is -0.166. The average Bonchev–Trinajstić information content (AvgIpc) is 2.69. The molecule has 3 N–H and O–H groups in total. The van der Waals surface area contributed by atoms with E-state index in [-0.39, 0.29) is 18.5 Å². The van der Waals surface area contributed by atoms with Crippen molar-refractivity contribution in [3.05, 3.63) is 27.2 Å². The van der Waals surface area contributed by atoms with E-state index in [9.17, 15) is 4.79 Å². The van der Waals surface area contributed by atoms with Gasteiger partial charge in [-0.05, 0) is 18.6 Å². The second kappa shape index (κ2) is 6.29. The minimum atomic E-state index is -0.166. The van der Waals surface area contributed by atoms with Gasteiger partial charge in [0.1, 0.15) is 0 Å². The lowest BCUT2D eigenvalue weighted by atomic mass is 10.3. The van der Waals surface area contributed by atoms with Gasteiger partial charge in [0.2, 0.25) is 5.91 Å². The monoisotopic (exact) mass is 321 g/mol. The van der Waals surface area contributed by atoms with Crippen LogP contribution in [0, 0.1) is 0 Å². The van der Waals surface area contributed by atoms with Crippen LogP contribution < -0.4 is 11.1 Å². The lowest BCUT2D eigenvalue weighted by Gasteiger charge is -2.16. The van der Waals surface area contributed by atoms with Crippen LogP contribution in [0.3, 0.4) is 0 Å². The van der Waals surface area contributed by atoms with Crippen molar-refractivity contribution in [2.45, 2.75) is 12.5 Å².